The number of benzene rings is 3. The SMILES string of the molecule is CCCCOC(=O)C1CN(S(=O)(=O)c2ccc(C)cc2)N2C(c3ccccc3)=C(Br)c3ccccc3C12. The molecule has 2 atom stereocenters. The largest absolute Gasteiger partial charge is 0.465 e. The molecule has 2 unspecified atom stereocenters. The third-order valence-electron chi connectivity index (χ3n) is 6.88. The quantitative estimate of drug-likeness (QED) is 0.247. The summed E-state index contributed by atoms with van der Waals surface area (Å²) in [6, 6.07) is 23.7. The maximum absolute atomic E-state index is 14.1. The number of aryl methyl sites for hydroxylation is 1. The molecule has 0 bridgehead atoms. The number of sulfonamides is 1. The van der Waals surface area contributed by atoms with E-state index in [1.807, 2.05) is 68.4 Å². The van der Waals surface area contributed by atoms with Crippen molar-refractivity contribution in [3.8, 4) is 0 Å². The Balaban J connectivity index is 1.70. The number of hydrogen-bond acceptors (Lipinski definition) is 5. The Bertz CT molecular complexity index is 1440. The first kappa shape index (κ1) is 25.7. The van der Waals surface area contributed by atoms with E-state index in [2.05, 4.69) is 15.9 Å². The summed E-state index contributed by atoms with van der Waals surface area (Å²) >= 11 is 3.80. The zero-order chi connectivity index (χ0) is 26.2. The van der Waals surface area contributed by atoms with Crippen molar-refractivity contribution in [3.63, 3.8) is 0 Å². The Hall–Kier alpha value is -2.94. The van der Waals surface area contributed by atoms with E-state index in [4.69, 9.17) is 4.74 Å². The highest BCUT2D eigenvalue weighted by molar-refractivity contribution is 9.15. The van der Waals surface area contributed by atoms with Crippen molar-refractivity contribution < 1.29 is 17.9 Å². The number of unbranched alkanes of at least 4 members (excludes halogenated alkanes) is 1. The summed E-state index contributed by atoms with van der Waals surface area (Å²) in [7, 11) is -3.99. The van der Waals surface area contributed by atoms with E-state index >= 15 is 0 Å². The summed E-state index contributed by atoms with van der Waals surface area (Å²) in [6.07, 6.45) is 1.66. The molecule has 8 heteroatoms. The maximum atomic E-state index is 14.1. The summed E-state index contributed by atoms with van der Waals surface area (Å²) < 4.78 is 36.0. The molecule has 0 amide bonds. The van der Waals surface area contributed by atoms with Crippen LogP contribution in [0.3, 0.4) is 0 Å². The van der Waals surface area contributed by atoms with Crippen molar-refractivity contribution in [3.05, 3.63) is 101 Å². The summed E-state index contributed by atoms with van der Waals surface area (Å²) in [5.74, 6) is -1.08. The van der Waals surface area contributed by atoms with Gasteiger partial charge in [0.1, 0.15) is 0 Å². The molecule has 1 saturated heterocycles. The number of nitrogens with zero attached hydrogens (tertiary/aromatic N) is 2. The molecule has 0 saturated carbocycles. The number of carbonyl (C=O) groups excluding carboxylic acids is 1. The normalized spacial score (nSPS) is 19.5. The van der Waals surface area contributed by atoms with Gasteiger partial charge in [0, 0.05) is 5.56 Å². The van der Waals surface area contributed by atoms with Crippen molar-refractivity contribution in [1.82, 2.24) is 9.42 Å². The van der Waals surface area contributed by atoms with E-state index in [9.17, 15) is 13.2 Å². The highest BCUT2D eigenvalue weighted by atomic mass is 79.9. The molecule has 192 valence electrons. The molecule has 0 N–H and O–H groups in total. The van der Waals surface area contributed by atoms with E-state index < -0.39 is 22.0 Å². The van der Waals surface area contributed by atoms with Crippen molar-refractivity contribution >= 4 is 42.1 Å². The Kier molecular flexibility index (Phi) is 7.25. The van der Waals surface area contributed by atoms with Crippen LogP contribution in [0, 0.1) is 12.8 Å². The molecule has 3 aromatic carbocycles. The Morgan fingerprint density at radius 1 is 1.00 bits per heavy atom. The highest BCUT2D eigenvalue weighted by Gasteiger charge is 2.53. The molecule has 0 spiro atoms. The van der Waals surface area contributed by atoms with Gasteiger partial charge in [-0.05, 0) is 52.5 Å². The molecule has 1 fully saturated rings. The van der Waals surface area contributed by atoms with Crippen LogP contribution in [0.4, 0.5) is 0 Å². The van der Waals surface area contributed by atoms with E-state index in [0.717, 1.165) is 39.6 Å². The predicted octanol–water partition coefficient (Wildman–Crippen LogP) is 6.15. The van der Waals surface area contributed by atoms with Crippen LogP contribution in [0.2, 0.25) is 0 Å². The standard InChI is InChI=1S/C29H29BrN2O4S/c1-3-4-18-36-29(33)25-19-31(37(34,35)22-16-14-20(2)15-17-22)32-27(21-10-6-5-7-11-21)26(30)23-12-8-9-13-24(23)28(25)32/h5-17,25,28H,3-4,18-19H2,1-2H3. The molecule has 6 nitrogen and oxygen atoms in total. The predicted molar refractivity (Wildman–Crippen MR) is 148 cm³/mol. The van der Waals surface area contributed by atoms with Crippen LogP contribution in [0.25, 0.3) is 10.2 Å². The van der Waals surface area contributed by atoms with Crippen LogP contribution in [-0.2, 0) is 19.6 Å². The lowest BCUT2D eigenvalue weighted by Crippen LogP contribution is -2.42. The van der Waals surface area contributed by atoms with E-state index in [1.165, 1.54) is 4.41 Å². The number of fused-ring (bicyclic) bond motifs is 3. The van der Waals surface area contributed by atoms with Gasteiger partial charge in [0.25, 0.3) is 10.0 Å². The Labute approximate surface area is 226 Å². The summed E-state index contributed by atoms with van der Waals surface area (Å²) in [4.78, 5) is 13.6. The smallest absolute Gasteiger partial charge is 0.312 e. The molecular formula is C29H29BrN2O4S. The van der Waals surface area contributed by atoms with Gasteiger partial charge >= 0.3 is 5.97 Å². The highest BCUT2D eigenvalue weighted by Crippen LogP contribution is 2.53. The second-order valence-electron chi connectivity index (χ2n) is 9.36. The lowest BCUT2D eigenvalue weighted by atomic mass is 9.87. The zero-order valence-corrected chi connectivity index (χ0v) is 23.2. The van der Waals surface area contributed by atoms with Gasteiger partial charge in [0.15, 0.2) is 0 Å². The maximum Gasteiger partial charge on any atom is 0.312 e. The number of hydrazine groups is 1. The Morgan fingerprint density at radius 2 is 1.68 bits per heavy atom. The fraction of sp³-hybridized carbons (Fsp3) is 0.276. The molecular weight excluding hydrogens is 552 g/mol. The number of carbonyl (C=O) groups is 1. The lowest BCUT2D eigenvalue weighted by molar-refractivity contribution is -0.149. The van der Waals surface area contributed by atoms with Crippen LogP contribution in [0.5, 0.6) is 0 Å². The number of ether oxygens (including phenoxy) is 1. The number of halogens is 1. The van der Waals surface area contributed by atoms with Gasteiger partial charge in [-0.25, -0.2) is 8.42 Å². The van der Waals surface area contributed by atoms with Crippen molar-refractivity contribution in [2.45, 2.75) is 37.6 Å². The molecule has 2 aliphatic rings. The first-order chi connectivity index (χ1) is 17.8. The Morgan fingerprint density at radius 3 is 2.38 bits per heavy atom. The van der Waals surface area contributed by atoms with E-state index in [1.54, 1.807) is 29.3 Å². The molecule has 0 aromatic heterocycles. The third kappa shape index (κ3) is 4.62. The number of hydrogen-bond donors (Lipinski definition) is 0. The molecule has 0 radical (unpaired) electrons. The minimum absolute atomic E-state index is 0.0171. The summed E-state index contributed by atoms with van der Waals surface area (Å²) in [6.45, 7) is 4.25. The number of rotatable bonds is 7. The monoisotopic (exact) mass is 580 g/mol. The molecule has 2 heterocycles. The number of esters is 1. The van der Waals surface area contributed by atoms with Crippen LogP contribution >= 0.6 is 15.9 Å². The van der Waals surface area contributed by atoms with Gasteiger partial charge in [-0.1, -0.05) is 85.6 Å². The van der Waals surface area contributed by atoms with Crippen molar-refractivity contribution in [2.75, 3.05) is 13.2 Å². The van der Waals surface area contributed by atoms with Gasteiger partial charge < -0.3 is 4.74 Å². The fourth-order valence-electron chi connectivity index (χ4n) is 4.98. The second-order valence-corrected chi connectivity index (χ2v) is 12.0. The van der Waals surface area contributed by atoms with Crippen molar-refractivity contribution in [2.24, 2.45) is 5.92 Å². The lowest BCUT2D eigenvalue weighted by Gasteiger charge is -2.40. The first-order valence-corrected chi connectivity index (χ1v) is 14.7. The summed E-state index contributed by atoms with van der Waals surface area (Å²) in [5.41, 5.74) is 4.33. The fourth-order valence-corrected chi connectivity index (χ4v) is 7.24. The zero-order valence-electron chi connectivity index (χ0n) is 20.8. The minimum Gasteiger partial charge on any atom is -0.465 e. The molecule has 37 heavy (non-hydrogen) atoms. The van der Waals surface area contributed by atoms with Gasteiger partial charge in [-0.3, -0.25) is 9.80 Å². The average molecular weight is 582 g/mol. The molecule has 0 aliphatic carbocycles. The van der Waals surface area contributed by atoms with Crippen LogP contribution in [0.1, 0.15) is 48.1 Å². The van der Waals surface area contributed by atoms with Crippen LogP contribution in [0.15, 0.2) is 83.8 Å². The van der Waals surface area contributed by atoms with Crippen LogP contribution in [-0.4, -0.2) is 37.0 Å². The summed E-state index contributed by atoms with van der Waals surface area (Å²) in [5, 5.41) is 1.78. The minimum atomic E-state index is -3.99. The van der Waals surface area contributed by atoms with E-state index in [-0.39, 0.29) is 17.4 Å². The van der Waals surface area contributed by atoms with Gasteiger partial charge in [-0.15, -0.1) is 4.41 Å². The van der Waals surface area contributed by atoms with Gasteiger partial charge in [-0.2, -0.15) is 0 Å². The first-order valence-electron chi connectivity index (χ1n) is 12.4. The third-order valence-corrected chi connectivity index (χ3v) is 9.43. The second kappa shape index (κ2) is 10.4. The molecule has 2 aliphatic heterocycles. The van der Waals surface area contributed by atoms with Gasteiger partial charge in [0.2, 0.25) is 0 Å². The van der Waals surface area contributed by atoms with Crippen LogP contribution < -0.4 is 0 Å². The van der Waals surface area contributed by atoms with E-state index in [0.29, 0.717) is 12.3 Å². The molecule has 3 aromatic rings. The average Bonchev–Trinajstić information content (AvgIpc) is 3.31. The van der Waals surface area contributed by atoms with Crippen molar-refractivity contribution in [1.29, 1.82) is 0 Å². The topological polar surface area (TPSA) is 66.9 Å². The van der Waals surface area contributed by atoms with Gasteiger partial charge in [0.05, 0.1) is 40.2 Å². The molecule has 5 rings (SSSR count).